The Kier molecular flexibility index (Phi) is 4.63. The first kappa shape index (κ1) is 17.5. The summed E-state index contributed by atoms with van der Waals surface area (Å²) in [5.41, 5.74) is -0.752. The van der Waals surface area contributed by atoms with Crippen LogP contribution in [-0.2, 0) is 11.3 Å². The molecule has 0 aliphatic rings. The first-order chi connectivity index (χ1) is 12.3. The molecular weight excluding hydrogens is 367 g/mol. The molecule has 1 aromatic heterocycles. The summed E-state index contributed by atoms with van der Waals surface area (Å²) in [6.45, 7) is -0.448. The van der Waals surface area contributed by atoms with Crippen LogP contribution >= 0.6 is 11.6 Å². The van der Waals surface area contributed by atoms with Gasteiger partial charge in [0.1, 0.15) is 12.4 Å². The van der Waals surface area contributed by atoms with Crippen molar-refractivity contribution in [1.29, 1.82) is 0 Å². The molecule has 0 aliphatic heterocycles. The van der Waals surface area contributed by atoms with Gasteiger partial charge < -0.3 is 5.32 Å². The van der Waals surface area contributed by atoms with E-state index >= 15 is 0 Å². The normalized spacial score (nSPS) is 10.7. The lowest BCUT2D eigenvalue weighted by Gasteiger charge is -2.09. The van der Waals surface area contributed by atoms with Gasteiger partial charge >= 0.3 is 0 Å². The van der Waals surface area contributed by atoms with Gasteiger partial charge in [0.25, 0.3) is 11.2 Å². The summed E-state index contributed by atoms with van der Waals surface area (Å²) in [4.78, 5) is 38.7. The lowest BCUT2D eigenvalue weighted by Crippen LogP contribution is -2.28. The number of benzene rings is 2. The summed E-state index contributed by atoms with van der Waals surface area (Å²) in [7, 11) is 0. The van der Waals surface area contributed by atoms with Gasteiger partial charge in [0, 0.05) is 17.2 Å². The van der Waals surface area contributed by atoms with Crippen LogP contribution < -0.4 is 10.9 Å². The third-order valence-electron chi connectivity index (χ3n) is 3.53. The molecular formula is C16H10ClFN4O4. The van der Waals surface area contributed by atoms with Gasteiger partial charge in [-0.15, -0.1) is 0 Å². The molecule has 132 valence electrons. The number of halogens is 2. The number of amides is 1. The van der Waals surface area contributed by atoms with E-state index in [2.05, 4.69) is 10.3 Å². The van der Waals surface area contributed by atoms with Crippen molar-refractivity contribution in [1.82, 2.24) is 9.55 Å². The van der Waals surface area contributed by atoms with Crippen molar-refractivity contribution in [2.24, 2.45) is 0 Å². The fraction of sp³-hybridized carbons (Fsp3) is 0.0625. The number of nitro benzene ring substituents is 1. The van der Waals surface area contributed by atoms with E-state index in [0.717, 1.165) is 23.0 Å². The average Bonchev–Trinajstić information content (AvgIpc) is 2.60. The number of nitrogens with zero attached hydrogens (tertiary/aromatic N) is 3. The van der Waals surface area contributed by atoms with Crippen LogP contribution in [0.15, 0.2) is 47.5 Å². The van der Waals surface area contributed by atoms with E-state index in [1.165, 1.54) is 24.3 Å². The lowest BCUT2D eigenvalue weighted by atomic mass is 10.2. The minimum atomic E-state index is -0.681. The smallest absolute Gasteiger partial charge is 0.270 e. The van der Waals surface area contributed by atoms with Gasteiger partial charge in [-0.3, -0.25) is 24.3 Å². The fourth-order valence-corrected chi connectivity index (χ4v) is 2.48. The Bertz CT molecular complexity index is 1100. The molecule has 0 unspecified atom stereocenters. The van der Waals surface area contributed by atoms with Gasteiger partial charge in [0.2, 0.25) is 5.91 Å². The predicted octanol–water partition coefficient (Wildman–Crippen LogP) is 2.74. The summed E-state index contributed by atoms with van der Waals surface area (Å²) in [5, 5.41) is 13.4. The highest BCUT2D eigenvalue weighted by molar-refractivity contribution is 6.30. The Labute approximate surface area is 150 Å². The van der Waals surface area contributed by atoms with Gasteiger partial charge in [-0.25, -0.2) is 9.37 Å². The van der Waals surface area contributed by atoms with Gasteiger partial charge in [0.05, 0.1) is 27.8 Å². The monoisotopic (exact) mass is 376 g/mol. The van der Waals surface area contributed by atoms with Crippen LogP contribution in [0, 0.1) is 15.9 Å². The summed E-state index contributed by atoms with van der Waals surface area (Å²) in [6, 6.07) is 7.33. The van der Waals surface area contributed by atoms with Crippen molar-refractivity contribution >= 4 is 39.8 Å². The molecule has 1 N–H and O–H groups in total. The number of carbonyl (C=O) groups is 1. The number of anilines is 1. The molecule has 0 saturated heterocycles. The minimum absolute atomic E-state index is 0.00318. The number of fused-ring (bicyclic) bond motifs is 1. The Morgan fingerprint density at radius 3 is 2.81 bits per heavy atom. The molecule has 0 aliphatic carbocycles. The first-order valence-corrected chi connectivity index (χ1v) is 7.61. The molecule has 0 saturated carbocycles. The zero-order chi connectivity index (χ0) is 18.8. The first-order valence-electron chi connectivity index (χ1n) is 7.23. The van der Waals surface area contributed by atoms with Crippen molar-refractivity contribution in [3.05, 3.63) is 74.0 Å². The summed E-state index contributed by atoms with van der Waals surface area (Å²) in [6.07, 6.45) is 1.14. The van der Waals surface area contributed by atoms with Crippen molar-refractivity contribution in [2.75, 3.05) is 5.32 Å². The van der Waals surface area contributed by atoms with Crippen molar-refractivity contribution < 1.29 is 14.1 Å². The molecule has 1 amide bonds. The van der Waals surface area contributed by atoms with E-state index in [0.29, 0.717) is 0 Å². The van der Waals surface area contributed by atoms with Gasteiger partial charge in [-0.05, 0) is 24.3 Å². The number of nitro groups is 1. The third-order valence-corrected chi connectivity index (χ3v) is 3.77. The number of rotatable bonds is 4. The number of nitrogens with one attached hydrogen (secondary N) is 1. The maximum atomic E-state index is 13.7. The van der Waals surface area contributed by atoms with Crippen LogP contribution in [0.4, 0.5) is 15.8 Å². The molecule has 0 fully saturated rings. The largest absolute Gasteiger partial charge is 0.322 e. The zero-order valence-electron chi connectivity index (χ0n) is 13.0. The molecule has 2 aromatic carbocycles. The van der Waals surface area contributed by atoms with E-state index in [-0.39, 0.29) is 27.3 Å². The van der Waals surface area contributed by atoms with Gasteiger partial charge in [-0.1, -0.05) is 11.6 Å². The Hall–Kier alpha value is -3.33. The van der Waals surface area contributed by atoms with E-state index < -0.39 is 28.8 Å². The summed E-state index contributed by atoms with van der Waals surface area (Å²) < 4.78 is 14.6. The van der Waals surface area contributed by atoms with E-state index in [9.17, 15) is 24.1 Å². The molecule has 3 aromatic rings. The summed E-state index contributed by atoms with van der Waals surface area (Å²) in [5.74, 6) is -1.36. The topological polar surface area (TPSA) is 107 Å². The second-order valence-corrected chi connectivity index (χ2v) is 5.74. The molecule has 8 nitrogen and oxygen atoms in total. The molecule has 3 rings (SSSR count). The van der Waals surface area contributed by atoms with Gasteiger partial charge in [0.15, 0.2) is 0 Å². The van der Waals surface area contributed by atoms with Crippen LogP contribution in [0.3, 0.4) is 0 Å². The maximum Gasteiger partial charge on any atom is 0.270 e. The third kappa shape index (κ3) is 3.52. The Morgan fingerprint density at radius 1 is 1.31 bits per heavy atom. The molecule has 0 bridgehead atoms. The molecule has 0 atom stereocenters. The van der Waals surface area contributed by atoms with Crippen LogP contribution in [0.5, 0.6) is 0 Å². The van der Waals surface area contributed by atoms with E-state index in [1.807, 2.05) is 0 Å². The fourth-order valence-electron chi connectivity index (χ4n) is 2.31. The second-order valence-electron chi connectivity index (χ2n) is 5.31. The van der Waals surface area contributed by atoms with Crippen LogP contribution in [0.1, 0.15) is 0 Å². The SMILES string of the molecule is O=C(Cn1cnc2ccc([N+](=O)[O-])cc2c1=O)Nc1cc(Cl)ccc1F. The molecule has 10 heteroatoms. The van der Waals surface area contributed by atoms with E-state index in [1.54, 1.807) is 0 Å². The summed E-state index contributed by atoms with van der Waals surface area (Å²) >= 11 is 5.75. The van der Waals surface area contributed by atoms with Crippen LogP contribution in [0.2, 0.25) is 5.02 Å². The minimum Gasteiger partial charge on any atom is -0.322 e. The molecule has 1 heterocycles. The van der Waals surface area contributed by atoms with Crippen molar-refractivity contribution in [2.45, 2.75) is 6.54 Å². The lowest BCUT2D eigenvalue weighted by molar-refractivity contribution is -0.384. The van der Waals surface area contributed by atoms with Crippen LogP contribution in [-0.4, -0.2) is 20.4 Å². The highest BCUT2D eigenvalue weighted by atomic mass is 35.5. The Morgan fingerprint density at radius 2 is 2.08 bits per heavy atom. The van der Waals surface area contributed by atoms with Gasteiger partial charge in [-0.2, -0.15) is 0 Å². The quantitative estimate of drug-likeness (QED) is 0.556. The molecule has 0 radical (unpaired) electrons. The number of aromatic nitrogens is 2. The zero-order valence-corrected chi connectivity index (χ0v) is 13.7. The number of non-ortho nitro benzene ring substituents is 1. The molecule has 26 heavy (non-hydrogen) atoms. The number of hydrogen-bond donors (Lipinski definition) is 1. The molecule has 0 spiro atoms. The predicted molar refractivity (Wildman–Crippen MR) is 92.7 cm³/mol. The number of carbonyl (C=O) groups excluding carboxylic acids is 1. The second kappa shape index (κ2) is 6.89. The Balaban J connectivity index is 1.89. The van der Waals surface area contributed by atoms with Crippen LogP contribution in [0.25, 0.3) is 10.9 Å². The van der Waals surface area contributed by atoms with Crippen molar-refractivity contribution in [3.8, 4) is 0 Å². The maximum absolute atomic E-state index is 13.7. The number of hydrogen-bond acceptors (Lipinski definition) is 5. The highest BCUT2D eigenvalue weighted by Gasteiger charge is 2.13. The standard InChI is InChI=1S/C16H10ClFN4O4/c17-9-1-3-12(18)14(5-9)20-15(23)7-21-8-19-13-4-2-10(22(25)26)6-11(13)16(21)24/h1-6,8H,7H2,(H,20,23). The van der Waals surface area contributed by atoms with Crippen molar-refractivity contribution in [3.63, 3.8) is 0 Å². The average molecular weight is 377 g/mol. The highest BCUT2D eigenvalue weighted by Crippen LogP contribution is 2.19. The van der Waals surface area contributed by atoms with E-state index in [4.69, 9.17) is 11.6 Å².